The van der Waals surface area contributed by atoms with E-state index < -0.39 is 16.8 Å². The van der Waals surface area contributed by atoms with E-state index in [0.29, 0.717) is 0 Å². The summed E-state index contributed by atoms with van der Waals surface area (Å²) >= 11 is 0. The Morgan fingerprint density at radius 3 is 2.60 bits per heavy atom. The van der Waals surface area contributed by atoms with E-state index in [2.05, 4.69) is 0 Å². The fraction of sp³-hybridized carbons (Fsp3) is 0.333. The molecule has 0 aliphatic rings. The summed E-state index contributed by atoms with van der Waals surface area (Å²) in [6.45, 7) is 0.0360. The number of hydrogen-bond acceptors (Lipinski definition) is 5. The number of carbonyl (C=O) groups excluding carboxylic acids is 1. The van der Waals surface area contributed by atoms with Crippen molar-refractivity contribution < 1.29 is 24.4 Å². The SMILES string of the molecule is COc1cc([N+](=O)[O-])ccc1C(=O)N(C)CCC(=O)O. The molecule has 0 fully saturated rings. The van der Waals surface area contributed by atoms with E-state index in [1.807, 2.05) is 0 Å². The number of amides is 1. The lowest BCUT2D eigenvalue weighted by Crippen LogP contribution is -2.29. The fourth-order valence-corrected chi connectivity index (χ4v) is 1.54. The number of non-ortho nitro benzene ring substituents is 1. The summed E-state index contributed by atoms with van der Waals surface area (Å²) in [5, 5.41) is 19.2. The van der Waals surface area contributed by atoms with Crippen molar-refractivity contribution in [2.45, 2.75) is 6.42 Å². The molecule has 0 bridgehead atoms. The molecule has 108 valence electrons. The molecule has 0 atom stereocenters. The van der Waals surface area contributed by atoms with Gasteiger partial charge >= 0.3 is 5.97 Å². The Labute approximate surface area is 114 Å². The van der Waals surface area contributed by atoms with Crippen LogP contribution < -0.4 is 4.74 Å². The highest BCUT2D eigenvalue weighted by Gasteiger charge is 2.20. The number of nitro benzene ring substituents is 1. The van der Waals surface area contributed by atoms with Gasteiger partial charge in [-0.15, -0.1) is 0 Å². The Balaban J connectivity index is 2.97. The maximum absolute atomic E-state index is 12.1. The summed E-state index contributed by atoms with van der Waals surface area (Å²) in [5.74, 6) is -1.40. The first-order valence-electron chi connectivity index (χ1n) is 5.66. The van der Waals surface area contributed by atoms with Gasteiger partial charge in [0.2, 0.25) is 0 Å². The minimum atomic E-state index is -1.01. The van der Waals surface area contributed by atoms with Crippen LogP contribution in [0.3, 0.4) is 0 Å². The van der Waals surface area contributed by atoms with Crippen LogP contribution in [0.1, 0.15) is 16.8 Å². The van der Waals surface area contributed by atoms with Gasteiger partial charge in [0.1, 0.15) is 5.75 Å². The molecule has 8 heteroatoms. The normalized spacial score (nSPS) is 9.90. The topological polar surface area (TPSA) is 110 Å². The molecule has 1 N–H and O–H groups in total. The van der Waals surface area contributed by atoms with E-state index >= 15 is 0 Å². The quantitative estimate of drug-likeness (QED) is 0.619. The average molecular weight is 282 g/mol. The number of ether oxygens (including phenoxy) is 1. The Bertz CT molecular complexity index is 543. The van der Waals surface area contributed by atoms with Crippen molar-refractivity contribution in [3.8, 4) is 5.75 Å². The van der Waals surface area contributed by atoms with Crippen LogP contribution in [0, 0.1) is 10.1 Å². The van der Waals surface area contributed by atoms with Gasteiger partial charge in [-0.3, -0.25) is 19.7 Å². The molecule has 0 saturated heterocycles. The smallest absolute Gasteiger partial charge is 0.305 e. The number of rotatable bonds is 6. The number of carbonyl (C=O) groups is 2. The van der Waals surface area contributed by atoms with E-state index in [4.69, 9.17) is 9.84 Å². The lowest BCUT2D eigenvalue weighted by atomic mass is 10.1. The zero-order valence-electron chi connectivity index (χ0n) is 11.0. The van der Waals surface area contributed by atoms with Crippen molar-refractivity contribution in [1.29, 1.82) is 0 Å². The van der Waals surface area contributed by atoms with Crippen LogP contribution in [0.15, 0.2) is 18.2 Å². The molecule has 1 rings (SSSR count). The van der Waals surface area contributed by atoms with E-state index in [1.165, 1.54) is 31.2 Å². The fourth-order valence-electron chi connectivity index (χ4n) is 1.54. The summed E-state index contributed by atoms with van der Waals surface area (Å²) in [6, 6.07) is 3.63. The zero-order chi connectivity index (χ0) is 15.3. The third-order valence-electron chi connectivity index (χ3n) is 2.63. The highest BCUT2D eigenvalue weighted by atomic mass is 16.6. The van der Waals surface area contributed by atoms with Crippen molar-refractivity contribution in [2.24, 2.45) is 0 Å². The maximum Gasteiger partial charge on any atom is 0.305 e. The van der Waals surface area contributed by atoms with Crippen LogP contribution in [-0.4, -0.2) is 47.5 Å². The summed E-state index contributed by atoms with van der Waals surface area (Å²) < 4.78 is 4.96. The molecule has 0 aromatic heterocycles. The third-order valence-corrected chi connectivity index (χ3v) is 2.63. The van der Waals surface area contributed by atoms with Crippen LogP contribution in [-0.2, 0) is 4.79 Å². The molecule has 1 aromatic rings. The van der Waals surface area contributed by atoms with Crippen molar-refractivity contribution in [3.05, 3.63) is 33.9 Å². The van der Waals surface area contributed by atoms with Crippen molar-refractivity contribution in [3.63, 3.8) is 0 Å². The van der Waals surface area contributed by atoms with Crippen LogP contribution in [0.2, 0.25) is 0 Å². The molecule has 20 heavy (non-hydrogen) atoms. The van der Waals surface area contributed by atoms with Crippen molar-refractivity contribution in [2.75, 3.05) is 20.7 Å². The second-order valence-electron chi connectivity index (χ2n) is 4.01. The first-order valence-corrected chi connectivity index (χ1v) is 5.66. The van der Waals surface area contributed by atoms with Gasteiger partial charge in [-0.25, -0.2) is 0 Å². The lowest BCUT2D eigenvalue weighted by molar-refractivity contribution is -0.384. The molecule has 0 aliphatic heterocycles. The van der Waals surface area contributed by atoms with Gasteiger partial charge < -0.3 is 14.7 Å². The van der Waals surface area contributed by atoms with Crippen LogP contribution in [0.25, 0.3) is 0 Å². The van der Waals surface area contributed by atoms with E-state index in [0.717, 1.165) is 6.07 Å². The number of hydrogen-bond donors (Lipinski definition) is 1. The van der Waals surface area contributed by atoms with Gasteiger partial charge in [0.05, 0.1) is 30.1 Å². The maximum atomic E-state index is 12.1. The first-order chi connectivity index (χ1) is 9.36. The Morgan fingerprint density at radius 1 is 1.45 bits per heavy atom. The molecule has 8 nitrogen and oxygen atoms in total. The number of benzene rings is 1. The predicted octanol–water partition coefficient (Wildman–Crippen LogP) is 1.15. The number of carboxylic acid groups (broad SMARTS) is 1. The highest BCUT2D eigenvalue weighted by molar-refractivity contribution is 5.97. The minimum absolute atomic E-state index is 0.0360. The van der Waals surface area contributed by atoms with Gasteiger partial charge in [0, 0.05) is 19.7 Å². The van der Waals surface area contributed by atoms with Crippen LogP contribution >= 0.6 is 0 Å². The molecular formula is C12H14N2O6. The Morgan fingerprint density at radius 2 is 2.10 bits per heavy atom. The molecule has 0 unspecified atom stereocenters. The Kier molecular flexibility index (Phi) is 5.01. The number of aliphatic carboxylic acids is 1. The molecule has 1 aromatic carbocycles. The molecule has 0 saturated carbocycles. The molecular weight excluding hydrogens is 268 g/mol. The number of carboxylic acids is 1. The average Bonchev–Trinajstić information content (AvgIpc) is 2.42. The van der Waals surface area contributed by atoms with E-state index in [1.54, 1.807) is 0 Å². The standard InChI is InChI=1S/C12H14N2O6/c1-13(6-5-11(15)16)12(17)9-4-3-8(14(18)19)7-10(9)20-2/h3-4,7H,5-6H2,1-2H3,(H,15,16). The Hall–Kier alpha value is -2.64. The van der Waals surface area contributed by atoms with Crippen molar-refractivity contribution >= 4 is 17.6 Å². The van der Waals surface area contributed by atoms with Crippen LogP contribution in [0.5, 0.6) is 5.75 Å². The van der Waals surface area contributed by atoms with Crippen molar-refractivity contribution in [1.82, 2.24) is 4.90 Å². The zero-order valence-corrected chi connectivity index (χ0v) is 11.0. The molecule has 0 radical (unpaired) electrons. The highest BCUT2D eigenvalue weighted by Crippen LogP contribution is 2.25. The summed E-state index contributed by atoms with van der Waals surface area (Å²) in [4.78, 5) is 33.8. The lowest BCUT2D eigenvalue weighted by Gasteiger charge is -2.17. The number of nitrogens with zero attached hydrogens (tertiary/aromatic N) is 2. The van der Waals surface area contributed by atoms with E-state index in [-0.39, 0.29) is 30.0 Å². The monoisotopic (exact) mass is 282 g/mol. The molecule has 0 heterocycles. The van der Waals surface area contributed by atoms with Gasteiger partial charge in [-0.05, 0) is 6.07 Å². The number of nitro groups is 1. The molecule has 0 spiro atoms. The summed E-state index contributed by atoms with van der Waals surface area (Å²) in [7, 11) is 2.75. The van der Waals surface area contributed by atoms with Gasteiger partial charge in [-0.1, -0.05) is 0 Å². The molecule has 1 amide bonds. The van der Waals surface area contributed by atoms with Gasteiger partial charge in [0.15, 0.2) is 0 Å². The minimum Gasteiger partial charge on any atom is -0.496 e. The second kappa shape index (κ2) is 6.50. The second-order valence-corrected chi connectivity index (χ2v) is 4.01. The summed E-state index contributed by atoms with van der Waals surface area (Å²) in [5.41, 5.74) is -0.0439. The van der Waals surface area contributed by atoms with Crippen LogP contribution in [0.4, 0.5) is 5.69 Å². The molecule has 0 aliphatic carbocycles. The van der Waals surface area contributed by atoms with Gasteiger partial charge in [-0.2, -0.15) is 0 Å². The first kappa shape index (κ1) is 15.4. The van der Waals surface area contributed by atoms with E-state index in [9.17, 15) is 19.7 Å². The van der Waals surface area contributed by atoms with Gasteiger partial charge in [0.25, 0.3) is 11.6 Å². The largest absolute Gasteiger partial charge is 0.496 e. The number of methoxy groups -OCH3 is 1. The predicted molar refractivity (Wildman–Crippen MR) is 68.9 cm³/mol. The third kappa shape index (κ3) is 3.67. The summed E-state index contributed by atoms with van der Waals surface area (Å²) in [6.07, 6.45) is -0.183.